The largest absolute Gasteiger partial charge is 0.462 e. The van der Waals surface area contributed by atoms with Crippen LogP contribution in [0.2, 0.25) is 0 Å². The summed E-state index contributed by atoms with van der Waals surface area (Å²) in [5.41, 5.74) is 4.33. The molecule has 0 N–H and O–H groups in total. The molecule has 2 saturated carbocycles. The van der Waals surface area contributed by atoms with E-state index in [0.29, 0.717) is 17.8 Å². The second-order valence-electron chi connectivity index (χ2n) is 10.1. The first-order chi connectivity index (χ1) is 12.7. The van der Waals surface area contributed by atoms with Crippen molar-refractivity contribution in [2.24, 2.45) is 28.6 Å². The third-order valence-electron chi connectivity index (χ3n) is 8.66. The predicted octanol–water partition coefficient (Wildman–Crippen LogP) is 5.40. The number of hydrogen-bond acceptors (Lipinski definition) is 3. The first kappa shape index (κ1) is 19.0. The van der Waals surface area contributed by atoms with E-state index in [1.807, 2.05) is 0 Å². The van der Waals surface area contributed by atoms with Crippen molar-refractivity contribution in [2.75, 3.05) is 0 Å². The summed E-state index contributed by atoms with van der Waals surface area (Å²) in [6, 6.07) is 0. The first-order valence-electron chi connectivity index (χ1n) is 10.7. The zero-order valence-corrected chi connectivity index (χ0v) is 17.6. The number of esters is 1. The van der Waals surface area contributed by atoms with Gasteiger partial charge in [-0.2, -0.15) is 0 Å². The Morgan fingerprint density at radius 1 is 1.04 bits per heavy atom. The Balaban J connectivity index is 1.62. The summed E-state index contributed by atoms with van der Waals surface area (Å²) >= 11 is 0. The highest BCUT2D eigenvalue weighted by molar-refractivity contribution is 5.96. The average Bonchev–Trinajstić information content (AvgIpc) is 2.85. The Labute approximate surface area is 163 Å². The Kier molecular flexibility index (Phi) is 4.44. The van der Waals surface area contributed by atoms with Crippen LogP contribution in [0.15, 0.2) is 22.8 Å². The van der Waals surface area contributed by atoms with Crippen LogP contribution < -0.4 is 0 Å². The zero-order valence-electron chi connectivity index (χ0n) is 17.6. The van der Waals surface area contributed by atoms with E-state index in [0.717, 1.165) is 44.1 Å². The number of ether oxygens (including phenoxy) is 1. The third-order valence-corrected chi connectivity index (χ3v) is 8.66. The Hall–Kier alpha value is -1.38. The highest BCUT2D eigenvalue weighted by Crippen LogP contribution is 2.66. The van der Waals surface area contributed by atoms with Crippen LogP contribution in [0.25, 0.3) is 0 Å². The lowest BCUT2D eigenvalue weighted by atomic mass is 9.47. The molecule has 4 aliphatic rings. The number of hydrogen-bond donors (Lipinski definition) is 0. The number of rotatable bonds is 2. The van der Waals surface area contributed by atoms with E-state index in [9.17, 15) is 9.59 Å². The van der Waals surface area contributed by atoms with Gasteiger partial charge in [0.15, 0.2) is 5.78 Å². The Morgan fingerprint density at radius 2 is 1.74 bits per heavy atom. The monoisotopic (exact) mass is 370 g/mol. The topological polar surface area (TPSA) is 43.4 Å². The number of ketones is 1. The van der Waals surface area contributed by atoms with Crippen molar-refractivity contribution in [3.05, 3.63) is 22.8 Å². The maximum absolute atomic E-state index is 12.4. The Morgan fingerprint density at radius 3 is 2.41 bits per heavy atom. The molecule has 3 nitrogen and oxygen atoms in total. The van der Waals surface area contributed by atoms with Crippen LogP contribution in [0.4, 0.5) is 0 Å². The van der Waals surface area contributed by atoms with Crippen molar-refractivity contribution in [3.63, 3.8) is 0 Å². The van der Waals surface area contributed by atoms with Gasteiger partial charge in [0.05, 0.1) is 0 Å². The van der Waals surface area contributed by atoms with Gasteiger partial charge in [0.1, 0.15) is 6.10 Å². The molecular weight excluding hydrogens is 336 g/mol. The summed E-state index contributed by atoms with van der Waals surface area (Å²) < 4.78 is 5.54. The van der Waals surface area contributed by atoms with Crippen LogP contribution in [-0.4, -0.2) is 17.9 Å². The molecule has 4 aliphatic carbocycles. The van der Waals surface area contributed by atoms with E-state index in [1.54, 1.807) is 6.92 Å². The van der Waals surface area contributed by atoms with Gasteiger partial charge in [-0.3, -0.25) is 9.59 Å². The van der Waals surface area contributed by atoms with E-state index >= 15 is 0 Å². The standard InChI is InChI=1S/C24H34O3/c1-14-12-21-19-7-6-17-13-18(27-16(3)26)8-10-23(17,4)20(19)9-11-24(21,5)22(14)15(2)25/h6,18-21H,7-13H2,1-5H3/t18-,19+,20+,21-,23-,24-/m0/s1. The van der Waals surface area contributed by atoms with Gasteiger partial charge in [-0.1, -0.05) is 31.1 Å². The molecule has 0 aromatic heterocycles. The van der Waals surface area contributed by atoms with Crippen LogP contribution in [0.1, 0.15) is 79.6 Å². The summed E-state index contributed by atoms with van der Waals surface area (Å²) in [7, 11) is 0. The molecule has 27 heavy (non-hydrogen) atoms. The lowest BCUT2D eigenvalue weighted by Gasteiger charge is -2.57. The normalized spacial score (nSPS) is 43.4. The summed E-state index contributed by atoms with van der Waals surface area (Å²) in [5, 5.41) is 0. The number of fused-ring (bicyclic) bond motifs is 5. The fourth-order valence-electron chi connectivity index (χ4n) is 7.59. The maximum Gasteiger partial charge on any atom is 0.302 e. The molecule has 0 amide bonds. The molecule has 0 aromatic rings. The Bertz CT molecular complexity index is 745. The fraction of sp³-hybridized carbons (Fsp3) is 0.750. The molecule has 0 saturated heterocycles. The molecule has 0 aliphatic heterocycles. The van der Waals surface area contributed by atoms with Crippen LogP contribution >= 0.6 is 0 Å². The molecule has 0 spiro atoms. The molecule has 148 valence electrons. The van der Waals surface area contributed by atoms with Gasteiger partial charge in [0.2, 0.25) is 0 Å². The lowest BCUT2D eigenvalue weighted by Crippen LogP contribution is -2.50. The molecular formula is C24H34O3. The molecule has 0 unspecified atom stereocenters. The smallest absolute Gasteiger partial charge is 0.302 e. The van der Waals surface area contributed by atoms with E-state index in [-0.39, 0.29) is 28.7 Å². The third kappa shape index (κ3) is 2.76. The molecule has 0 aromatic carbocycles. The summed E-state index contributed by atoms with van der Waals surface area (Å²) in [4.78, 5) is 23.8. The van der Waals surface area contributed by atoms with Crippen molar-refractivity contribution in [2.45, 2.75) is 85.7 Å². The van der Waals surface area contributed by atoms with Gasteiger partial charge < -0.3 is 4.74 Å². The summed E-state index contributed by atoms with van der Waals surface area (Å²) in [6.07, 6.45) is 10.1. The van der Waals surface area contributed by atoms with E-state index in [4.69, 9.17) is 4.74 Å². The fourth-order valence-corrected chi connectivity index (χ4v) is 7.59. The molecule has 6 atom stereocenters. The highest BCUT2D eigenvalue weighted by Gasteiger charge is 2.58. The van der Waals surface area contributed by atoms with Gasteiger partial charge in [0.25, 0.3) is 0 Å². The van der Waals surface area contributed by atoms with E-state index in [2.05, 4.69) is 26.8 Å². The van der Waals surface area contributed by atoms with E-state index in [1.165, 1.54) is 24.5 Å². The van der Waals surface area contributed by atoms with E-state index < -0.39 is 0 Å². The number of allylic oxidation sites excluding steroid dienone is 3. The lowest BCUT2D eigenvalue weighted by molar-refractivity contribution is -0.148. The molecule has 3 heteroatoms. The number of carbonyl (C=O) groups excluding carboxylic acids is 2. The molecule has 4 rings (SSSR count). The van der Waals surface area contributed by atoms with Crippen LogP contribution in [0, 0.1) is 28.6 Å². The van der Waals surface area contributed by atoms with Crippen LogP contribution in [-0.2, 0) is 14.3 Å². The molecule has 0 bridgehead atoms. The number of carbonyl (C=O) groups is 2. The van der Waals surface area contributed by atoms with Gasteiger partial charge >= 0.3 is 5.97 Å². The average molecular weight is 371 g/mol. The maximum atomic E-state index is 12.4. The SMILES string of the molecule is CC(=O)O[C@H]1CC[C@@]2(C)C(=CC[C@@H]3[C@H]2CC[C@]2(C)C(C(C)=O)=C(C)C[C@@H]32)C1. The summed E-state index contributed by atoms with van der Waals surface area (Å²) in [6.45, 7) is 10.3. The predicted molar refractivity (Wildman–Crippen MR) is 106 cm³/mol. The first-order valence-corrected chi connectivity index (χ1v) is 10.7. The minimum atomic E-state index is -0.157. The second kappa shape index (κ2) is 6.32. The highest BCUT2D eigenvalue weighted by atomic mass is 16.5. The van der Waals surface area contributed by atoms with Gasteiger partial charge in [0, 0.05) is 13.3 Å². The minimum Gasteiger partial charge on any atom is -0.462 e. The molecule has 0 heterocycles. The quantitative estimate of drug-likeness (QED) is 0.483. The molecule has 0 radical (unpaired) electrons. The van der Waals surface area contributed by atoms with Crippen molar-refractivity contribution in [3.8, 4) is 0 Å². The minimum absolute atomic E-state index is 0.0620. The van der Waals surface area contributed by atoms with Crippen molar-refractivity contribution >= 4 is 11.8 Å². The van der Waals surface area contributed by atoms with Gasteiger partial charge in [-0.15, -0.1) is 0 Å². The van der Waals surface area contributed by atoms with Crippen molar-refractivity contribution in [1.29, 1.82) is 0 Å². The summed E-state index contributed by atoms with van der Waals surface area (Å²) in [5.74, 6) is 2.12. The zero-order chi connectivity index (χ0) is 19.6. The van der Waals surface area contributed by atoms with Crippen LogP contribution in [0.5, 0.6) is 0 Å². The van der Waals surface area contributed by atoms with Crippen LogP contribution in [0.3, 0.4) is 0 Å². The van der Waals surface area contributed by atoms with Crippen molar-refractivity contribution < 1.29 is 14.3 Å². The van der Waals surface area contributed by atoms with Crippen molar-refractivity contribution in [1.82, 2.24) is 0 Å². The molecule has 2 fully saturated rings. The van der Waals surface area contributed by atoms with Gasteiger partial charge in [-0.05, 0) is 86.5 Å². The van der Waals surface area contributed by atoms with Gasteiger partial charge in [-0.25, -0.2) is 0 Å². The number of Topliss-reactive ketones (excluding diaryl/α,β-unsaturated/α-hetero) is 1. The second-order valence-corrected chi connectivity index (χ2v) is 10.1.